The zero-order chi connectivity index (χ0) is 24.6. The number of nitrogens with one attached hydrogen (secondary N) is 1. The second-order valence-corrected chi connectivity index (χ2v) is 6.51. The van der Waals surface area contributed by atoms with Gasteiger partial charge in [0.15, 0.2) is 11.5 Å². The van der Waals surface area contributed by atoms with Crippen LogP contribution in [0.15, 0.2) is 29.1 Å². The molecule has 0 aliphatic rings. The summed E-state index contributed by atoms with van der Waals surface area (Å²) in [6, 6.07) is 3.20. The summed E-state index contributed by atoms with van der Waals surface area (Å²) in [6.45, 7) is 0. The highest BCUT2D eigenvalue weighted by Crippen LogP contribution is 2.39. The number of halogens is 7. The third-order valence-electron chi connectivity index (χ3n) is 3.92. The first kappa shape index (κ1) is 24.1. The number of benzene rings is 1. The molecular formula is C18H11ClF6N4O4. The van der Waals surface area contributed by atoms with Crippen LogP contribution in [0.4, 0.5) is 26.3 Å². The van der Waals surface area contributed by atoms with E-state index >= 15 is 0 Å². The van der Waals surface area contributed by atoms with Crippen LogP contribution >= 0.6 is 11.6 Å². The molecular weight excluding hydrogens is 486 g/mol. The number of H-pyrrole nitrogens is 1. The number of nitrogens with zero attached hydrogens (tertiary/aromatic N) is 3. The summed E-state index contributed by atoms with van der Waals surface area (Å²) in [6.07, 6.45) is -10.2. The molecule has 0 bridgehead atoms. The van der Waals surface area contributed by atoms with Crippen LogP contribution in [0.5, 0.6) is 23.3 Å². The SMILES string of the molecule is COc1cc(OC)nc(-c2nc(C(F)(F)F)c(Oc3ccc(Cl)c(C(F)(F)F)c3)c(=O)[nH]2)n1. The summed E-state index contributed by atoms with van der Waals surface area (Å²) >= 11 is 5.49. The van der Waals surface area contributed by atoms with Gasteiger partial charge >= 0.3 is 12.4 Å². The maximum Gasteiger partial charge on any atom is 0.437 e. The van der Waals surface area contributed by atoms with E-state index in [2.05, 4.69) is 15.0 Å². The Morgan fingerprint density at radius 3 is 2.03 bits per heavy atom. The fourth-order valence-corrected chi connectivity index (χ4v) is 2.70. The van der Waals surface area contributed by atoms with Gasteiger partial charge in [-0.05, 0) is 18.2 Å². The van der Waals surface area contributed by atoms with Gasteiger partial charge in [0.05, 0.1) is 30.9 Å². The van der Waals surface area contributed by atoms with Gasteiger partial charge in [0.2, 0.25) is 23.3 Å². The van der Waals surface area contributed by atoms with E-state index in [0.717, 1.165) is 12.1 Å². The number of hydrogen-bond acceptors (Lipinski definition) is 7. The maximum atomic E-state index is 13.7. The van der Waals surface area contributed by atoms with Gasteiger partial charge < -0.3 is 19.2 Å². The van der Waals surface area contributed by atoms with E-state index in [1.54, 1.807) is 0 Å². The highest BCUT2D eigenvalue weighted by atomic mass is 35.5. The number of methoxy groups -OCH3 is 2. The van der Waals surface area contributed by atoms with E-state index in [9.17, 15) is 31.1 Å². The Hall–Kier alpha value is -3.55. The third kappa shape index (κ3) is 5.27. The molecule has 0 aliphatic carbocycles. The Morgan fingerprint density at radius 1 is 0.909 bits per heavy atom. The second-order valence-electron chi connectivity index (χ2n) is 6.11. The molecule has 0 amide bonds. The van der Waals surface area contributed by atoms with Gasteiger partial charge in [-0.25, -0.2) is 4.98 Å². The number of alkyl halides is 6. The van der Waals surface area contributed by atoms with Crippen molar-refractivity contribution in [2.75, 3.05) is 14.2 Å². The zero-order valence-corrected chi connectivity index (χ0v) is 17.2. The van der Waals surface area contributed by atoms with Gasteiger partial charge in [0.1, 0.15) is 5.75 Å². The Labute approximate surface area is 185 Å². The van der Waals surface area contributed by atoms with E-state index in [-0.39, 0.29) is 11.8 Å². The van der Waals surface area contributed by atoms with Gasteiger partial charge in [-0.15, -0.1) is 0 Å². The van der Waals surface area contributed by atoms with Gasteiger partial charge in [0, 0.05) is 0 Å². The number of hydrogen-bond donors (Lipinski definition) is 1. The van der Waals surface area contributed by atoms with Gasteiger partial charge in [0.25, 0.3) is 5.56 Å². The van der Waals surface area contributed by atoms with Crippen molar-refractivity contribution in [1.82, 2.24) is 19.9 Å². The summed E-state index contributed by atoms with van der Waals surface area (Å²) in [5, 5.41) is -0.711. The van der Waals surface area contributed by atoms with E-state index in [1.807, 2.05) is 4.98 Å². The lowest BCUT2D eigenvalue weighted by molar-refractivity contribution is -0.142. The first-order chi connectivity index (χ1) is 15.3. The first-order valence-corrected chi connectivity index (χ1v) is 8.94. The Kier molecular flexibility index (Phi) is 6.40. The van der Waals surface area contributed by atoms with Crippen LogP contribution in [0.1, 0.15) is 11.3 Å². The molecule has 15 heteroatoms. The monoisotopic (exact) mass is 496 g/mol. The Morgan fingerprint density at radius 2 is 1.52 bits per heavy atom. The van der Waals surface area contributed by atoms with E-state index in [0.29, 0.717) is 6.07 Å². The highest BCUT2D eigenvalue weighted by molar-refractivity contribution is 6.31. The normalized spacial score (nSPS) is 11.9. The van der Waals surface area contributed by atoms with Crippen molar-refractivity contribution in [3.8, 4) is 34.9 Å². The molecule has 0 fully saturated rings. The zero-order valence-electron chi connectivity index (χ0n) is 16.4. The summed E-state index contributed by atoms with van der Waals surface area (Å²) in [4.78, 5) is 25.4. The van der Waals surface area contributed by atoms with Crippen LogP contribution in [0, 0.1) is 0 Å². The molecule has 2 aromatic heterocycles. The molecule has 0 atom stereocenters. The lowest BCUT2D eigenvalue weighted by Crippen LogP contribution is -2.21. The smallest absolute Gasteiger partial charge is 0.437 e. The minimum atomic E-state index is -5.24. The summed E-state index contributed by atoms with van der Waals surface area (Å²) in [5.74, 6) is -3.52. The molecule has 0 saturated carbocycles. The van der Waals surface area contributed by atoms with Gasteiger partial charge in [-0.2, -0.15) is 36.3 Å². The lowest BCUT2D eigenvalue weighted by atomic mass is 10.2. The molecule has 176 valence electrons. The molecule has 0 saturated heterocycles. The molecule has 0 aliphatic heterocycles. The summed E-state index contributed by atoms with van der Waals surface area (Å²) < 4.78 is 94.8. The predicted octanol–water partition coefficient (Wildman–Crippen LogP) is 4.73. The fourth-order valence-electron chi connectivity index (χ4n) is 2.48. The molecule has 0 spiro atoms. The lowest BCUT2D eigenvalue weighted by Gasteiger charge is -2.15. The van der Waals surface area contributed by atoms with Crippen molar-refractivity contribution >= 4 is 11.6 Å². The van der Waals surface area contributed by atoms with Crippen molar-refractivity contribution in [2.24, 2.45) is 0 Å². The number of ether oxygens (including phenoxy) is 3. The second kappa shape index (κ2) is 8.77. The van der Waals surface area contributed by atoms with E-state index in [1.165, 1.54) is 20.3 Å². The molecule has 0 unspecified atom stereocenters. The molecule has 1 aromatic carbocycles. The number of rotatable bonds is 5. The first-order valence-electron chi connectivity index (χ1n) is 8.57. The highest BCUT2D eigenvalue weighted by Gasteiger charge is 2.40. The van der Waals surface area contributed by atoms with Gasteiger partial charge in [-0.1, -0.05) is 11.6 Å². The number of aromatic amines is 1. The van der Waals surface area contributed by atoms with E-state index < -0.39 is 57.3 Å². The van der Waals surface area contributed by atoms with Crippen LogP contribution in [-0.2, 0) is 12.4 Å². The topological polar surface area (TPSA) is 99.2 Å². The molecule has 0 radical (unpaired) electrons. The third-order valence-corrected chi connectivity index (χ3v) is 4.25. The van der Waals surface area contributed by atoms with Crippen LogP contribution in [0.2, 0.25) is 5.02 Å². The van der Waals surface area contributed by atoms with Crippen molar-refractivity contribution in [1.29, 1.82) is 0 Å². The fraction of sp³-hybridized carbons (Fsp3) is 0.222. The quantitative estimate of drug-likeness (QED) is 0.510. The summed E-state index contributed by atoms with van der Waals surface area (Å²) in [7, 11) is 2.45. The molecule has 8 nitrogen and oxygen atoms in total. The van der Waals surface area contributed by atoms with Crippen LogP contribution in [-0.4, -0.2) is 34.2 Å². The number of aromatic nitrogens is 4. The van der Waals surface area contributed by atoms with Gasteiger partial charge in [-0.3, -0.25) is 4.79 Å². The van der Waals surface area contributed by atoms with E-state index in [4.69, 9.17) is 25.8 Å². The molecule has 3 aromatic rings. The van der Waals surface area contributed by atoms with Crippen molar-refractivity contribution in [3.05, 3.63) is 50.9 Å². The molecule has 2 heterocycles. The molecule has 1 N–H and O–H groups in total. The van der Waals surface area contributed by atoms with Crippen LogP contribution in [0.3, 0.4) is 0 Å². The van der Waals surface area contributed by atoms with Crippen LogP contribution in [0.25, 0.3) is 11.6 Å². The van der Waals surface area contributed by atoms with Crippen molar-refractivity contribution < 1.29 is 40.6 Å². The maximum absolute atomic E-state index is 13.7. The Bertz CT molecular complexity index is 1220. The molecule has 33 heavy (non-hydrogen) atoms. The molecule has 3 rings (SSSR count). The largest absolute Gasteiger partial charge is 0.481 e. The average Bonchev–Trinajstić information content (AvgIpc) is 2.74. The minimum Gasteiger partial charge on any atom is -0.481 e. The average molecular weight is 497 g/mol. The van der Waals surface area contributed by atoms with Crippen molar-refractivity contribution in [3.63, 3.8) is 0 Å². The Balaban J connectivity index is 2.15. The summed E-state index contributed by atoms with van der Waals surface area (Å²) in [5.41, 5.74) is -4.65. The standard InChI is InChI=1S/C18H11ClF6N4O4/c1-31-10-6-11(32-2)27-14(26-10)15-28-13(18(23,24)25)12(16(30)29-15)33-7-3-4-9(19)8(5-7)17(20,21)22/h3-6H,1-2H3,(H,28,29,30). The van der Waals surface area contributed by atoms with Crippen LogP contribution < -0.4 is 19.8 Å². The van der Waals surface area contributed by atoms with Crippen molar-refractivity contribution in [2.45, 2.75) is 12.4 Å². The predicted molar refractivity (Wildman–Crippen MR) is 101 cm³/mol. The minimum absolute atomic E-state index is 0.103.